The highest BCUT2D eigenvalue weighted by atomic mass is 16.5. The summed E-state index contributed by atoms with van der Waals surface area (Å²) in [5.74, 6) is -2.35. The summed E-state index contributed by atoms with van der Waals surface area (Å²) in [7, 11) is 0. The third-order valence-electron chi connectivity index (χ3n) is 10.6. The lowest BCUT2D eigenvalue weighted by Gasteiger charge is -2.29. The van der Waals surface area contributed by atoms with Crippen LogP contribution in [0.3, 0.4) is 0 Å². The molecule has 312 valence electrons. The minimum Gasteiger partial charge on any atom is -0.445 e. The van der Waals surface area contributed by atoms with Crippen LogP contribution in [0.25, 0.3) is 11.1 Å². The molecule has 0 radical (unpaired) electrons. The van der Waals surface area contributed by atoms with Gasteiger partial charge in [0, 0.05) is 25.3 Å². The predicted octanol–water partition coefficient (Wildman–Crippen LogP) is 6.85. The maximum atomic E-state index is 14.8. The molecule has 7 rings (SSSR count). The number of ether oxygens (including phenoxy) is 2. The van der Waals surface area contributed by atoms with Gasteiger partial charge in [-0.05, 0) is 65.8 Å². The number of alkyl carbamates (subject to hydrolysis) is 1. The molecule has 1 saturated heterocycles. The van der Waals surface area contributed by atoms with Crippen molar-refractivity contribution in [1.82, 2.24) is 15.2 Å². The number of carbonyl (C=O) groups is 4. The molecule has 0 bridgehead atoms. The molecule has 5 N–H and O–H groups in total. The first-order valence-corrected chi connectivity index (χ1v) is 20.3. The Morgan fingerprint density at radius 1 is 0.770 bits per heavy atom. The minimum absolute atomic E-state index is 0.0129. The number of carbonyl (C=O) groups excluding carboxylic acids is 4. The predicted molar refractivity (Wildman–Crippen MR) is 231 cm³/mol. The number of aliphatic imine (C=N–C) groups is 1. The summed E-state index contributed by atoms with van der Waals surface area (Å²) in [6, 6.07) is 40.6. The van der Waals surface area contributed by atoms with E-state index in [1.54, 1.807) is 48.5 Å². The molecule has 2 heterocycles. The third kappa shape index (κ3) is 11.5. The highest BCUT2D eigenvalue weighted by molar-refractivity contribution is 6.00. The number of aryl methyl sites for hydroxylation is 1. The molecule has 5 aromatic carbocycles. The van der Waals surface area contributed by atoms with Crippen LogP contribution in [0.4, 0.5) is 10.5 Å². The van der Waals surface area contributed by atoms with E-state index < -0.39 is 41.9 Å². The molecule has 0 unspecified atom stereocenters. The third-order valence-corrected chi connectivity index (χ3v) is 10.6. The summed E-state index contributed by atoms with van der Waals surface area (Å²) >= 11 is 0. The lowest BCUT2D eigenvalue weighted by Crippen LogP contribution is -2.52. The lowest BCUT2D eigenvalue weighted by atomic mass is 9.88. The summed E-state index contributed by atoms with van der Waals surface area (Å²) in [4.78, 5) is 67.2. The number of hydrogen-bond acceptors (Lipinski definition) is 9. The zero-order chi connectivity index (χ0) is 42.6. The summed E-state index contributed by atoms with van der Waals surface area (Å²) in [6.45, 7) is 0.379. The van der Waals surface area contributed by atoms with Gasteiger partial charge in [-0.1, -0.05) is 115 Å². The van der Waals surface area contributed by atoms with Crippen LogP contribution in [0.1, 0.15) is 52.2 Å². The van der Waals surface area contributed by atoms with E-state index in [1.165, 1.54) is 4.90 Å². The van der Waals surface area contributed by atoms with Crippen molar-refractivity contribution in [3.63, 3.8) is 0 Å². The van der Waals surface area contributed by atoms with E-state index in [-0.39, 0.29) is 63.1 Å². The molecule has 1 aliphatic heterocycles. The number of oxazole rings is 1. The molecule has 0 saturated carbocycles. The second-order valence-corrected chi connectivity index (χ2v) is 15.1. The van der Waals surface area contributed by atoms with Crippen molar-refractivity contribution < 1.29 is 33.1 Å². The van der Waals surface area contributed by atoms with Gasteiger partial charge in [0.05, 0.1) is 24.4 Å². The number of nitrogens with zero attached hydrogens (tertiary/aromatic N) is 3. The van der Waals surface area contributed by atoms with E-state index >= 15 is 0 Å². The molecule has 13 nitrogen and oxygen atoms in total. The number of rotatable bonds is 18. The van der Waals surface area contributed by atoms with E-state index in [0.717, 1.165) is 22.3 Å². The highest BCUT2D eigenvalue weighted by Gasteiger charge is 2.43. The number of Topliss-reactive ketones (excluding diaryl/α,β-unsaturated/α-hetero) is 2. The molecule has 61 heavy (non-hydrogen) atoms. The maximum Gasteiger partial charge on any atom is 0.408 e. The molecular weight excluding hydrogens is 773 g/mol. The van der Waals surface area contributed by atoms with Crippen molar-refractivity contribution >= 4 is 46.3 Å². The normalized spacial score (nSPS) is 15.8. The SMILES string of the molecule is NC(N)=Nc1ccc(C[C@H](CC(=O)[C@@H]2C[C@@H](OCc3ccccc3)CN2C(=O)[C@@H](CCc2ccccc2)NC(=O)OCc2ccccc2)C(=O)c2nc3ccccc3o2)cc1. The fourth-order valence-electron chi connectivity index (χ4n) is 7.50. The summed E-state index contributed by atoms with van der Waals surface area (Å²) in [6.07, 6.45) is -0.428. The van der Waals surface area contributed by atoms with E-state index in [2.05, 4.69) is 15.3 Å². The Bertz CT molecular complexity index is 2400. The van der Waals surface area contributed by atoms with E-state index in [4.69, 9.17) is 25.4 Å². The van der Waals surface area contributed by atoms with Crippen LogP contribution >= 0.6 is 0 Å². The molecular formula is C48H48N6O7. The van der Waals surface area contributed by atoms with Crippen LogP contribution in [-0.2, 0) is 45.1 Å². The Morgan fingerprint density at radius 2 is 1.39 bits per heavy atom. The molecule has 4 atom stereocenters. The van der Waals surface area contributed by atoms with Crippen molar-refractivity contribution in [3.05, 3.63) is 168 Å². The molecule has 6 aromatic rings. The van der Waals surface area contributed by atoms with Gasteiger partial charge in [0.1, 0.15) is 18.2 Å². The Labute approximate surface area is 353 Å². The first kappa shape index (κ1) is 42.0. The zero-order valence-corrected chi connectivity index (χ0v) is 33.6. The van der Waals surface area contributed by atoms with Gasteiger partial charge in [0.25, 0.3) is 5.89 Å². The second-order valence-electron chi connectivity index (χ2n) is 15.1. The van der Waals surface area contributed by atoms with Gasteiger partial charge < -0.3 is 35.6 Å². The van der Waals surface area contributed by atoms with Crippen molar-refractivity contribution in [2.45, 2.75) is 63.5 Å². The number of benzene rings is 5. The molecule has 1 aromatic heterocycles. The van der Waals surface area contributed by atoms with Crippen molar-refractivity contribution in [3.8, 4) is 0 Å². The van der Waals surface area contributed by atoms with Crippen LogP contribution in [0.2, 0.25) is 0 Å². The Kier molecular flexibility index (Phi) is 13.9. The monoisotopic (exact) mass is 820 g/mol. The highest BCUT2D eigenvalue weighted by Crippen LogP contribution is 2.29. The van der Waals surface area contributed by atoms with Crippen LogP contribution in [0.5, 0.6) is 0 Å². The van der Waals surface area contributed by atoms with Crippen molar-refractivity contribution in [1.29, 1.82) is 0 Å². The van der Waals surface area contributed by atoms with Crippen molar-refractivity contribution in [2.75, 3.05) is 6.54 Å². The standard InChI is InChI=1S/C48H48N6O7/c49-47(50)51-37-23-20-33(21-24-37)26-36(44(56)45-52-39-18-10-11-19-43(39)61-45)27-42(55)41-28-38(59-30-34-14-6-2-7-15-34)29-54(41)46(57)40(25-22-32-12-4-1-5-13-32)53-48(58)60-31-35-16-8-3-9-17-35/h1-21,23-24,36,38,40-41H,22,25-31H2,(H,53,58)(H4,49,50,51)/t36-,38-,40-,41+/m1/s1. The molecule has 2 amide bonds. The molecule has 0 aliphatic carbocycles. The second kappa shape index (κ2) is 20.2. The molecule has 1 fully saturated rings. The quantitative estimate of drug-likeness (QED) is 0.0470. The minimum atomic E-state index is -1.03. The van der Waals surface area contributed by atoms with Crippen molar-refractivity contribution in [2.24, 2.45) is 22.4 Å². The number of nitrogens with two attached hydrogens (primary N) is 2. The van der Waals surface area contributed by atoms with Crippen LogP contribution in [0, 0.1) is 5.92 Å². The fourth-order valence-corrected chi connectivity index (χ4v) is 7.50. The number of ketones is 2. The average molecular weight is 821 g/mol. The number of likely N-dealkylation sites (tertiary alicyclic amines) is 1. The largest absolute Gasteiger partial charge is 0.445 e. The first-order chi connectivity index (χ1) is 29.7. The molecule has 1 aliphatic rings. The van der Waals surface area contributed by atoms with Gasteiger partial charge in [0.2, 0.25) is 11.7 Å². The van der Waals surface area contributed by atoms with E-state index in [0.29, 0.717) is 23.2 Å². The molecule has 13 heteroatoms. The van der Waals surface area contributed by atoms with E-state index in [1.807, 2.05) is 91.0 Å². The summed E-state index contributed by atoms with van der Waals surface area (Å²) in [5, 5.41) is 2.80. The maximum absolute atomic E-state index is 14.8. The van der Waals surface area contributed by atoms with Crippen LogP contribution in [-0.4, -0.2) is 64.1 Å². The smallest absolute Gasteiger partial charge is 0.408 e. The summed E-state index contributed by atoms with van der Waals surface area (Å²) in [5.41, 5.74) is 16.1. The van der Waals surface area contributed by atoms with Gasteiger partial charge in [-0.3, -0.25) is 14.4 Å². The Hall–Kier alpha value is -7.12. The van der Waals surface area contributed by atoms with E-state index in [9.17, 15) is 19.2 Å². The van der Waals surface area contributed by atoms with Gasteiger partial charge in [-0.15, -0.1) is 0 Å². The first-order valence-electron chi connectivity index (χ1n) is 20.3. The summed E-state index contributed by atoms with van der Waals surface area (Å²) < 4.78 is 17.8. The average Bonchev–Trinajstić information content (AvgIpc) is 3.93. The Morgan fingerprint density at radius 3 is 2.05 bits per heavy atom. The zero-order valence-electron chi connectivity index (χ0n) is 33.6. The molecule has 0 spiro atoms. The lowest BCUT2D eigenvalue weighted by molar-refractivity contribution is -0.139. The topological polar surface area (TPSA) is 192 Å². The number of para-hydroxylation sites is 2. The number of aromatic nitrogens is 1. The van der Waals surface area contributed by atoms with Gasteiger partial charge in [0.15, 0.2) is 17.3 Å². The van der Waals surface area contributed by atoms with Gasteiger partial charge in [-0.2, -0.15) is 0 Å². The van der Waals surface area contributed by atoms with Crippen LogP contribution in [0.15, 0.2) is 149 Å². The fraction of sp³-hybridized carbons (Fsp3) is 0.250. The number of hydrogen-bond donors (Lipinski definition) is 3. The number of nitrogens with one attached hydrogen (secondary N) is 1. The Balaban J connectivity index is 1.15. The van der Waals surface area contributed by atoms with Gasteiger partial charge in [-0.25, -0.2) is 14.8 Å². The number of fused-ring (bicyclic) bond motifs is 1. The number of amides is 2. The van der Waals surface area contributed by atoms with Crippen LogP contribution < -0.4 is 16.8 Å². The van der Waals surface area contributed by atoms with Gasteiger partial charge >= 0.3 is 6.09 Å². The number of guanidine groups is 1.